The van der Waals surface area contributed by atoms with E-state index in [0.29, 0.717) is 17.9 Å². The fraction of sp³-hybridized carbons (Fsp3) is 0.385. The van der Waals surface area contributed by atoms with E-state index in [4.69, 9.17) is 11.5 Å². The number of nitrogens with one attached hydrogen (secondary N) is 1. The van der Waals surface area contributed by atoms with Crippen LogP contribution in [0.1, 0.15) is 35.8 Å². The van der Waals surface area contributed by atoms with E-state index in [1.165, 1.54) is 12.1 Å². The molecule has 2 N–H and O–H groups in total. The molecule has 0 amide bonds. The number of pyridine rings is 1. The highest BCUT2D eigenvalue weighted by Gasteiger charge is 2.09. The first kappa shape index (κ1) is 13.0. The largest absolute Gasteiger partial charge is 0.478 e. The van der Waals surface area contributed by atoms with Gasteiger partial charge in [0.05, 0.1) is 5.56 Å². The van der Waals surface area contributed by atoms with Crippen LogP contribution in [0.4, 0.5) is 5.82 Å². The van der Waals surface area contributed by atoms with Gasteiger partial charge in [-0.3, -0.25) is 0 Å². The lowest BCUT2D eigenvalue weighted by molar-refractivity contribution is 0.0696. The average molecular weight is 232 g/mol. The molecular formula is C13H16N2O2. The van der Waals surface area contributed by atoms with Crippen LogP contribution in [-0.2, 0) is 0 Å². The molecule has 1 aromatic heterocycles. The van der Waals surface area contributed by atoms with Crippen LogP contribution in [0, 0.1) is 19.3 Å². The van der Waals surface area contributed by atoms with Gasteiger partial charge >= 0.3 is 5.97 Å². The van der Waals surface area contributed by atoms with Gasteiger partial charge in [-0.2, -0.15) is 0 Å². The van der Waals surface area contributed by atoms with Crippen LogP contribution >= 0.6 is 0 Å². The monoisotopic (exact) mass is 232 g/mol. The topological polar surface area (TPSA) is 62.2 Å². The van der Waals surface area contributed by atoms with Crippen molar-refractivity contribution in [3.8, 4) is 12.3 Å². The molecule has 90 valence electrons. The van der Waals surface area contributed by atoms with Crippen LogP contribution in [-0.4, -0.2) is 22.1 Å². The maximum atomic E-state index is 10.9. The van der Waals surface area contributed by atoms with Crippen LogP contribution in [0.5, 0.6) is 0 Å². The highest BCUT2D eigenvalue weighted by Crippen LogP contribution is 2.13. The molecule has 0 saturated carbocycles. The third-order valence-corrected chi connectivity index (χ3v) is 2.41. The zero-order valence-electron chi connectivity index (χ0n) is 10.0. The van der Waals surface area contributed by atoms with Gasteiger partial charge < -0.3 is 10.4 Å². The standard InChI is InChI=1S/C13H16N2O2/c1-4-6-11(5-2)15-12-8-10(13(16)17)7-9(3)14-12/h1,7-8,11H,5-6H2,2-3H3,(H,14,15)(H,16,17). The number of carboxylic acids is 1. The van der Waals surface area contributed by atoms with Crippen LogP contribution in [0.25, 0.3) is 0 Å². The number of carboxylic acid groups (broad SMARTS) is 1. The molecular weight excluding hydrogens is 216 g/mol. The van der Waals surface area contributed by atoms with E-state index < -0.39 is 5.97 Å². The average Bonchev–Trinajstić information content (AvgIpc) is 2.27. The Morgan fingerprint density at radius 3 is 2.88 bits per heavy atom. The van der Waals surface area contributed by atoms with E-state index in [1.54, 1.807) is 6.92 Å². The molecule has 0 aliphatic heterocycles. The smallest absolute Gasteiger partial charge is 0.335 e. The number of nitrogens with zero attached hydrogens (tertiary/aromatic N) is 1. The molecule has 0 saturated heterocycles. The van der Waals surface area contributed by atoms with Crippen molar-refractivity contribution < 1.29 is 9.90 Å². The van der Waals surface area contributed by atoms with Crippen LogP contribution < -0.4 is 5.32 Å². The lowest BCUT2D eigenvalue weighted by atomic mass is 10.1. The summed E-state index contributed by atoms with van der Waals surface area (Å²) < 4.78 is 0. The third kappa shape index (κ3) is 3.80. The van der Waals surface area contributed by atoms with Gasteiger partial charge in [0.2, 0.25) is 0 Å². The number of hydrogen-bond acceptors (Lipinski definition) is 3. The summed E-state index contributed by atoms with van der Waals surface area (Å²) in [4.78, 5) is 15.1. The van der Waals surface area contributed by atoms with Crippen molar-refractivity contribution in [3.63, 3.8) is 0 Å². The summed E-state index contributed by atoms with van der Waals surface area (Å²) in [7, 11) is 0. The van der Waals surface area contributed by atoms with E-state index in [-0.39, 0.29) is 11.6 Å². The molecule has 0 aliphatic carbocycles. The van der Waals surface area contributed by atoms with Gasteiger partial charge in [-0.05, 0) is 25.5 Å². The minimum atomic E-state index is -0.955. The molecule has 0 spiro atoms. The maximum absolute atomic E-state index is 10.9. The minimum absolute atomic E-state index is 0.121. The van der Waals surface area contributed by atoms with Gasteiger partial charge in [0, 0.05) is 18.2 Å². The van der Waals surface area contributed by atoms with Gasteiger partial charge in [-0.1, -0.05) is 6.92 Å². The Morgan fingerprint density at radius 1 is 1.65 bits per heavy atom. The molecule has 0 radical (unpaired) electrons. The summed E-state index contributed by atoms with van der Waals surface area (Å²) in [6.45, 7) is 3.78. The number of aromatic carboxylic acids is 1. The van der Waals surface area contributed by atoms with E-state index in [9.17, 15) is 4.79 Å². The highest BCUT2D eigenvalue weighted by atomic mass is 16.4. The maximum Gasteiger partial charge on any atom is 0.335 e. The summed E-state index contributed by atoms with van der Waals surface area (Å²) in [5.74, 6) is 2.19. The van der Waals surface area contributed by atoms with E-state index in [1.807, 2.05) is 6.92 Å². The quantitative estimate of drug-likeness (QED) is 0.765. The van der Waals surface area contributed by atoms with Crippen molar-refractivity contribution in [3.05, 3.63) is 23.4 Å². The number of carbonyl (C=O) groups is 1. The van der Waals surface area contributed by atoms with Gasteiger partial charge in [-0.25, -0.2) is 9.78 Å². The molecule has 0 aromatic carbocycles. The van der Waals surface area contributed by atoms with Crippen molar-refractivity contribution in [2.75, 3.05) is 5.32 Å². The zero-order chi connectivity index (χ0) is 12.8. The Labute approximate surface area is 101 Å². The highest BCUT2D eigenvalue weighted by molar-refractivity contribution is 5.88. The van der Waals surface area contributed by atoms with Gasteiger partial charge in [0.1, 0.15) is 5.82 Å². The molecule has 17 heavy (non-hydrogen) atoms. The molecule has 0 fully saturated rings. The van der Waals surface area contributed by atoms with Crippen LogP contribution in [0.3, 0.4) is 0 Å². The molecule has 4 nitrogen and oxygen atoms in total. The Balaban J connectivity index is 2.91. The van der Waals surface area contributed by atoms with E-state index in [0.717, 1.165) is 6.42 Å². The summed E-state index contributed by atoms with van der Waals surface area (Å²) in [6.07, 6.45) is 6.72. The minimum Gasteiger partial charge on any atom is -0.478 e. The molecule has 0 bridgehead atoms. The van der Waals surface area contributed by atoms with Gasteiger partial charge in [0.25, 0.3) is 0 Å². The Hall–Kier alpha value is -2.02. The molecule has 0 aliphatic rings. The second-order valence-corrected chi connectivity index (χ2v) is 3.85. The van der Waals surface area contributed by atoms with E-state index >= 15 is 0 Å². The third-order valence-electron chi connectivity index (χ3n) is 2.41. The Kier molecular flexibility index (Phi) is 4.53. The molecule has 1 heterocycles. The number of terminal acetylenes is 1. The molecule has 4 heteroatoms. The number of rotatable bonds is 5. The SMILES string of the molecule is C#CCC(CC)Nc1cc(C(=O)O)cc(C)n1. The zero-order valence-corrected chi connectivity index (χ0v) is 10.0. The second kappa shape index (κ2) is 5.90. The lowest BCUT2D eigenvalue weighted by Gasteiger charge is -2.15. The summed E-state index contributed by atoms with van der Waals surface area (Å²) >= 11 is 0. The van der Waals surface area contributed by atoms with Crippen molar-refractivity contribution in [2.24, 2.45) is 0 Å². The van der Waals surface area contributed by atoms with Crippen molar-refractivity contribution in [2.45, 2.75) is 32.7 Å². The van der Waals surface area contributed by atoms with E-state index in [2.05, 4.69) is 16.2 Å². The van der Waals surface area contributed by atoms with Crippen LogP contribution in [0.15, 0.2) is 12.1 Å². The first-order valence-corrected chi connectivity index (χ1v) is 5.48. The fourth-order valence-corrected chi connectivity index (χ4v) is 1.51. The first-order valence-electron chi connectivity index (χ1n) is 5.48. The number of anilines is 1. The summed E-state index contributed by atoms with van der Waals surface area (Å²) in [6, 6.07) is 3.18. The molecule has 1 aromatic rings. The van der Waals surface area contributed by atoms with Gasteiger partial charge in [0.15, 0.2) is 0 Å². The van der Waals surface area contributed by atoms with Crippen molar-refractivity contribution in [1.29, 1.82) is 0 Å². The summed E-state index contributed by atoms with van der Waals surface area (Å²) in [5.41, 5.74) is 0.901. The number of hydrogen-bond donors (Lipinski definition) is 2. The molecule has 1 atom stereocenters. The lowest BCUT2D eigenvalue weighted by Crippen LogP contribution is -2.19. The fourth-order valence-electron chi connectivity index (χ4n) is 1.51. The summed E-state index contributed by atoms with van der Waals surface area (Å²) in [5, 5.41) is 12.1. The first-order chi connectivity index (χ1) is 8.06. The second-order valence-electron chi connectivity index (χ2n) is 3.85. The predicted molar refractivity (Wildman–Crippen MR) is 67.1 cm³/mol. The number of aryl methyl sites for hydroxylation is 1. The predicted octanol–water partition coefficient (Wildman–Crippen LogP) is 2.30. The van der Waals surface area contributed by atoms with Gasteiger partial charge in [-0.15, -0.1) is 12.3 Å². The van der Waals surface area contributed by atoms with Crippen molar-refractivity contribution >= 4 is 11.8 Å². The normalized spacial score (nSPS) is 11.6. The van der Waals surface area contributed by atoms with Crippen molar-refractivity contribution in [1.82, 2.24) is 4.98 Å². The molecule has 1 unspecified atom stereocenters. The Morgan fingerprint density at radius 2 is 2.35 bits per heavy atom. The van der Waals surface area contributed by atoms with Crippen LogP contribution in [0.2, 0.25) is 0 Å². The molecule has 1 rings (SSSR count). The number of aromatic nitrogens is 1. The Bertz CT molecular complexity index is 449.